The summed E-state index contributed by atoms with van der Waals surface area (Å²) in [6, 6.07) is 16.0. The lowest BCUT2D eigenvalue weighted by atomic mass is 9.78. The predicted octanol–water partition coefficient (Wildman–Crippen LogP) is 7.13. The molecule has 2 atom stereocenters. The molecular weight excluding hydrogens is 526 g/mol. The fourth-order valence-electron chi connectivity index (χ4n) is 3.83. The highest BCUT2D eigenvalue weighted by Crippen LogP contribution is 2.36. The van der Waals surface area contributed by atoms with E-state index >= 15 is 0 Å². The second kappa shape index (κ2) is 17.8. The van der Waals surface area contributed by atoms with Gasteiger partial charge >= 0.3 is 0 Å². The Kier molecular flexibility index (Phi) is 15.7. The second-order valence-electron chi connectivity index (χ2n) is 13.4. The molecule has 0 radical (unpaired) electrons. The van der Waals surface area contributed by atoms with Gasteiger partial charge in [0.15, 0.2) is 13.2 Å². The van der Waals surface area contributed by atoms with Gasteiger partial charge in [-0.15, -0.1) is 0 Å². The SMILES string of the molecule is CC(c1cccc(OCC(=O)NCCN(C)C)c1)C(C)(C)C.CCCNC(=O)COc1cccc(C(C)C(C)(C)C)c1.[HH].[HH]. The molecule has 7 nitrogen and oxygen atoms in total. The minimum atomic E-state index is -0.0869. The molecule has 2 unspecified atom stereocenters. The number of ether oxygens (including phenoxy) is 2. The van der Waals surface area contributed by atoms with E-state index in [0.717, 1.165) is 24.5 Å². The standard InChI is InChI=1S/C18H30N2O2.C17H27NO2.2H2/c1-14(18(2,3)4)15-8-7-9-16(12-15)22-13-17(21)19-10-11-20(5)6;1-6-10-18-16(19)12-20-15-9-7-8-14(11-15)13(2)17(3,4)5;;/h7-9,12,14H,10-11,13H2,1-6H3,(H,19,21);7-9,11,13H,6,10,12H2,1-5H3,(H,18,19);2*1H. The van der Waals surface area contributed by atoms with Gasteiger partial charge in [-0.1, -0.05) is 86.6 Å². The average Bonchev–Trinajstić information content (AvgIpc) is 2.92. The number of carbonyl (C=O) groups excluding carboxylic acids is 2. The lowest BCUT2D eigenvalue weighted by molar-refractivity contribution is -0.123. The molecule has 0 aliphatic carbocycles. The summed E-state index contributed by atoms with van der Waals surface area (Å²) >= 11 is 0. The van der Waals surface area contributed by atoms with Crippen LogP contribution in [0, 0.1) is 10.8 Å². The molecule has 0 aromatic heterocycles. The van der Waals surface area contributed by atoms with Crippen LogP contribution in [0.1, 0.15) is 94.6 Å². The van der Waals surface area contributed by atoms with Crippen LogP contribution in [-0.4, -0.2) is 63.7 Å². The van der Waals surface area contributed by atoms with Crippen molar-refractivity contribution in [3.8, 4) is 11.5 Å². The van der Waals surface area contributed by atoms with Crippen LogP contribution in [0.25, 0.3) is 0 Å². The maximum absolute atomic E-state index is 11.7. The zero-order chi connectivity index (χ0) is 31.9. The van der Waals surface area contributed by atoms with Gasteiger partial charge in [0.05, 0.1) is 0 Å². The summed E-state index contributed by atoms with van der Waals surface area (Å²) in [4.78, 5) is 25.3. The van der Waals surface area contributed by atoms with Crippen LogP contribution in [0.2, 0.25) is 0 Å². The van der Waals surface area contributed by atoms with Crippen LogP contribution < -0.4 is 20.1 Å². The quantitative estimate of drug-likeness (QED) is 0.261. The Hall–Kier alpha value is -3.06. The minimum Gasteiger partial charge on any atom is -0.484 e. The predicted molar refractivity (Wildman–Crippen MR) is 179 cm³/mol. The van der Waals surface area contributed by atoms with Crippen LogP contribution in [0.15, 0.2) is 48.5 Å². The smallest absolute Gasteiger partial charge is 0.257 e. The van der Waals surface area contributed by atoms with E-state index in [4.69, 9.17) is 9.47 Å². The van der Waals surface area contributed by atoms with E-state index in [2.05, 4.69) is 78.2 Å². The van der Waals surface area contributed by atoms with Gasteiger partial charge in [0.1, 0.15) is 11.5 Å². The Balaban J connectivity index is 0. The van der Waals surface area contributed by atoms with Gasteiger partial charge in [-0.05, 0) is 78.6 Å². The van der Waals surface area contributed by atoms with Crippen molar-refractivity contribution in [1.29, 1.82) is 0 Å². The first-order chi connectivity index (χ1) is 19.5. The van der Waals surface area contributed by atoms with Crippen molar-refractivity contribution < 1.29 is 21.9 Å². The van der Waals surface area contributed by atoms with Crippen molar-refractivity contribution >= 4 is 11.8 Å². The summed E-state index contributed by atoms with van der Waals surface area (Å²) in [5.74, 6) is 2.20. The fourth-order valence-corrected chi connectivity index (χ4v) is 3.83. The molecule has 0 bridgehead atoms. The van der Waals surface area contributed by atoms with Gasteiger partial charge in [0, 0.05) is 22.5 Å². The van der Waals surface area contributed by atoms with E-state index in [0.29, 0.717) is 24.9 Å². The molecule has 0 spiro atoms. The first-order valence-corrected chi connectivity index (χ1v) is 15.2. The van der Waals surface area contributed by atoms with Gasteiger partial charge in [-0.2, -0.15) is 0 Å². The molecule has 7 heteroatoms. The van der Waals surface area contributed by atoms with E-state index in [1.54, 1.807) is 0 Å². The molecule has 240 valence electrons. The van der Waals surface area contributed by atoms with Crippen LogP contribution in [0.3, 0.4) is 0 Å². The van der Waals surface area contributed by atoms with E-state index in [-0.39, 0.29) is 38.7 Å². The van der Waals surface area contributed by atoms with Crippen molar-refractivity contribution in [3.05, 3.63) is 59.7 Å². The van der Waals surface area contributed by atoms with Crippen LogP contribution in [-0.2, 0) is 9.59 Å². The Morgan fingerprint density at radius 3 is 1.52 bits per heavy atom. The van der Waals surface area contributed by atoms with Crippen molar-refractivity contribution in [2.45, 2.75) is 80.6 Å². The summed E-state index contributed by atoms with van der Waals surface area (Å²) in [7, 11) is 3.95. The second-order valence-corrected chi connectivity index (χ2v) is 13.4. The summed E-state index contributed by atoms with van der Waals surface area (Å²) < 4.78 is 11.2. The number of benzene rings is 2. The molecule has 0 saturated carbocycles. The minimum absolute atomic E-state index is 0. The summed E-state index contributed by atoms with van der Waals surface area (Å²) in [5, 5.41) is 5.64. The highest BCUT2D eigenvalue weighted by Gasteiger charge is 2.23. The maximum atomic E-state index is 11.7. The number of nitrogens with zero attached hydrogens (tertiary/aromatic N) is 1. The number of amides is 2. The van der Waals surface area contributed by atoms with Crippen molar-refractivity contribution in [3.63, 3.8) is 0 Å². The van der Waals surface area contributed by atoms with Crippen LogP contribution >= 0.6 is 0 Å². The van der Waals surface area contributed by atoms with E-state index in [1.807, 2.05) is 62.3 Å². The molecule has 2 aromatic rings. The Bertz CT molecular complexity index is 1100. The number of nitrogens with one attached hydrogen (secondary N) is 2. The summed E-state index contributed by atoms with van der Waals surface area (Å²) in [6.45, 7) is 22.1. The summed E-state index contributed by atoms with van der Waals surface area (Å²) in [5.41, 5.74) is 2.88. The number of likely N-dealkylation sites (N-methyl/N-ethyl adjacent to an activating group) is 1. The highest BCUT2D eigenvalue weighted by molar-refractivity contribution is 5.77. The zero-order valence-corrected chi connectivity index (χ0v) is 28.1. The molecule has 0 aliphatic heterocycles. The Labute approximate surface area is 258 Å². The van der Waals surface area contributed by atoms with Gasteiger partial charge in [0.25, 0.3) is 11.8 Å². The third-order valence-electron chi connectivity index (χ3n) is 7.51. The maximum Gasteiger partial charge on any atom is 0.257 e. The van der Waals surface area contributed by atoms with Crippen LogP contribution in [0.5, 0.6) is 11.5 Å². The first-order valence-electron chi connectivity index (χ1n) is 15.2. The first kappa shape index (κ1) is 37.0. The van der Waals surface area contributed by atoms with Crippen molar-refractivity contribution in [2.24, 2.45) is 10.8 Å². The summed E-state index contributed by atoms with van der Waals surface area (Å²) in [6.07, 6.45) is 0.935. The molecule has 2 N–H and O–H groups in total. The largest absolute Gasteiger partial charge is 0.484 e. The van der Waals surface area contributed by atoms with Crippen molar-refractivity contribution in [1.82, 2.24) is 15.5 Å². The van der Waals surface area contributed by atoms with Gasteiger partial charge in [-0.25, -0.2) is 0 Å². The lowest BCUT2D eigenvalue weighted by Crippen LogP contribution is -2.34. The zero-order valence-electron chi connectivity index (χ0n) is 28.1. The van der Waals surface area contributed by atoms with Gasteiger partial charge in [0.2, 0.25) is 0 Å². The number of hydrogen-bond acceptors (Lipinski definition) is 5. The van der Waals surface area contributed by atoms with Crippen LogP contribution in [0.4, 0.5) is 0 Å². The molecule has 0 heterocycles. The third kappa shape index (κ3) is 14.7. The van der Waals surface area contributed by atoms with Gasteiger partial charge in [-0.3, -0.25) is 9.59 Å². The van der Waals surface area contributed by atoms with Crippen molar-refractivity contribution in [2.75, 3.05) is 46.9 Å². The number of carbonyl (C=O) groups is 2. The number of rotatable bonds is 13. The molecule has 2 rings (SSSR count). The lowest BCUT2D eigenvalue weighted by Gasteiger charge is -2.27. The molecular formula is C35H61N3O4. The molecule has 0 fully saturated rings. The number of hydrogen-bond donors (Lipinski definition) is 2. The highest BCUT2D eigenvalue weighted by atomic mass is 16.5. The Morgan fingerprint density at radius 2 is 1.17 bits per heavy atom. The monoisotopic (exact) mass is 587 g/mol. The molecule has 2 aromatic carbocycles. The molecule has 0 saturated heterocycles. The van der Waals surface area contributed by atoms with Gasteiger partial charge < -0.3 is 25.0 Å². The average molecular weight is 588 g/mol. The fraction of sp³-hybridized carbons (Fsp3) is 0.600. The normalized spacial score (nSPS) is 13.0. The third-order valence-corrected chi connectivity index (χ3v) is 7.51. The molecule has 0 aliphatic rings. The molecule has 2 amide bonds. The topological polar surface area (TPSA) is 79.9 Å². The van der Waals surface area contributed by atoms with E-state index in [9.17, 15) is 9.59 Å². The molecule has 42 heavy (non-hydrogen) atoms. The Morgan fingerprint density at radius 1 is 0.762 bits per heavy atom. The van der Waals surface area contributed by atoms with E-state index < -0.39 is 0 Å². The van der Waals surface area contributed by atoms with E-state index in [1.165, 1.54) is 11.1 Å².